The third-order valence-corrected chi connectivity index (χ3v) is 2.75. The molecule has 1 heterocycles. The van der Waals surface area contributed by atoms with E-state index in [1.165, 1.54) is 17.7 Å². The first kappa shape index (κ1) is 5.36. The molecular weight excluding hydrogens is 138 g/mol. The number of hydrogen-bond acceptors (Lipinski definition) is 2. The zero-order valence-corrected chi connectivity index (χ0v) is 5.96. The number of aromatic nitrogens is 2. The van der Waals surface area contributed by atoms with Gasteiger partial charge in [0.15, 0.2) is 5.69 Å². The first-order chi connectivity index (χ1) is 5.40. The summed E-state index contributed by atoms with van der Waals surface area (Å²) in [4.78, 5) is 0. The number of rotatable bonds is 0. The highest BCUT2D eigenvalue weighted by atomic mass is 15.1. The summed E-state index contributed by atoms with van der Waals surface area (Å²) in [5.74, 6) is 1.52. The highest BCUT2D eigenvalue weighted by Gasteiger charge is 2.48. The Balaban J connectivity index is 2.24. The van der Waals surface area contributed by atoms with E-state index < -0.39 is 0 Å². The van der Waals surface area contributed by atoms with E-state index in [9.17, 15) is 0 Å². The van der Waals surface area contributed by atoms with Crippen molar-refractivity contribution in [2.75, 3.05) is 0 Å². The molecule has 1 aromatic heterocycles. The van der Waals surface area contributed by atoms with E-state index in [2.05, 4.69) is 16.3 Å². The molecule has 3 nitrogen and oxygen atoms in total. The molecule has 0 unspecified atom stereocenters. The minimum atomic E-state index is 0.630. The molecule has 0 saturated heterocycles. The summed E-state index contributed by atoms with van der Waals surface area (Å²) in [6, 6.07) is 2.12. The van der Waals surface area contributed by atoms with Gasteiger partial charge in [-0.3, -0.25) is 5.10 Å². The van der Waals surface area contributed by atoms with Crippen LogP contribution in [0.4, 0.5) is 0 Å². The fraction of sp³-hybridized carbons (Fsp3) is 0.500. The Kier molecular flexibility index (Phi) is 0.719. The van der Waals surface area contributed by atoms with Gasteiger partial charge in [0.25, 0.3) is 0 Å². The van der Waals surface area contributed by atoms with Crippen LogP contribution in [0.5, 0.6) is 0 Å². The van der Waals surface area contributed by atoms with Crippen molar-refractivity contribution in [3.63, 3.8) is 0 Å². The Morgan fingerprint density at radius 1 is 1.64 bits per heavy atom. The Morgan fingerprint density at radius 2 is 2.55 bits per heavy atom. The second-order valence-corrected chi connectivity index (χ2v) is 3.38. The third kappa shape index (κ3) is 0.509. The minimum Gasteiger partial charge on any atom is -0.281 e. The summed E-state index contributed by atoms with van der Waals surface area (Å²) in [5, 5.41) is 15.6. The molecule has 0 radical (unpaired) electrons. The molecule has 3 rings (SSSR count). The maximum atomic E-state index is 8.69. The SMILES string of the molecule is N#Cc1n[nH]c2c1[C@H]1C[C@H]1C2. The van der Waals surface area contributed by atoms with E-state index in [1.807, 2.05) is 0 Å². The maximum absolute atomic E-state index is 8.69. The second-order valence-electron chi connectivity index (χ2n) is 3.38. The van der Waals surface area contributed by atoms with Crippen LogP contribution in [0.3, 0.4) is 0 Å². The van der Waals surface area contributed by atoms with Gasteiger partial charge in [0.2, 0.25) is 0 Å². The van der Waals surface area contributed by atoms with Gasteiger partial charge in [-0.25, -0.2) is 0 Å². The minimum absolute atomic E-state index is 0.630. The quantitative estimate of drug-likeness (QED) is 0.590. The number of nitriles is 1. The Bertz CT molecular complexity index is 358. The maximum Gasteiger partial charge on any atom is 0.165 e. The van der Waals surface area contributed by atoms with Crippen LogP contribution in [-0.4, -0.2) is 10.2 Å². The van der Waals surface area contributed by atoms with Crippen LogP contribution in [0.1, 0.15) is 29.3 Å². The molecule has 1 fully saturated rings. The lowest BCUT2D eigenvalue weighted by Crippen LogP contribution is -1.83. The lowest BCUT2D eigenvalue weighted by atomic mass is 10.1. The van der Waals surface area contributed by atoms with Crippen molar-refractivity contribution in [3.05, 3.63) is 17.0 Å². The molecule has 3 heteroatoms. The summed E-state index contributed by atoms with van der Waals surface area (Å²) >= 11 is 0. The molecule has 54 valence electrons. The number of aromatic amines is 1. The van der Waals surface area contributed by atoms with Crippen LogP contribution in [-0.2, 0) is 6.42 Å². The fourth-order valence-corrected chi connectivity index (χ4v) is 2.12. The van der Waals surface area contributed by atoms with E-state index in [-0.39, 0.29) is 0 Å². The van der Waals surface area contributed by atoms with Crippen molar-refractivity contribution in [2.24, 2.45) is 5.92 Å². The summed E-state index contributed by atoms with van der Waals surface area (Å²) in [5.41, 5.74) is 3.06. The highest BCUT2D eigenvalue weighted by molar-refractivity contribution is 5.45. The first-order valence-electron chi connectivity index (χ1n) is 3.87. The number of H-pyrrole nitrogens is 1. The van der Waals surface area contributed by atoms with E-state index >= 15 is 0 Å². The van der Waals surface area contributed by atoms with Gasteiger partial charge in [-0.05, 0) is 24.7 Å². The van der Waals surface area contributed by atoms with Crippen molar-refractivity contribution in [1.29, 1.82) is 5.26 Å². The van der Waals surface area contributed by atoms with E-state index in [4.69, 9.17) is 5.26 Å². The summed E-state index contributed by atoms with van der Waals surface area (Å²) < 4.78 is 0. The average molecular weight is 145 g/mol. The lowest BCUT2D eigenvalue weighted by Gasteiger charge is -1.89. The Labute approximate surface area is 64.0 Å². The van der Waals surface area contributed by atoms with Crippen LogP contribution in [0.2, 0.25) is 0 Å². The molecule has 0 spiro atoms. The van der Waals surface area contributed by atoms with Gasteiger partial charge in [-0.15, -0.1) is 0 Å². The molecule has 2 aliphatic carbocycles. The van der Waals surface area contributed by atoms with Crippen molar-refractivity contribution in [2.45, 2.75) is 18.8 Å². The molecule has 1 aromatic rings. The summed E-state index contributed by atoms with van der Waals surface area (Å²) in [6.45, 7) is 0. The zero-order chi connectivity index (χ0) is 7.42. The molecule has 2 aliphatic rings. The van der Waals surface area contributed by atoms with Gasteiger partial charge in [-0.1, -0.05) is 0 Å². The van der Waals surface area contributed by atoms with Crippen molar-refractivity contribution < 1.29 is 0 Å². The normalized spacial score (nSPS) is 30.8. The third-order valence-electron chi connectivity index (χ3n) is 2.75. The van der Waals surface area contributed by atoms with Crippen LogP contribution < -0.4 is 0 Å². The van der Waals surface area contributed by atoms with Crippen LogP contribution >= 0.6 is 0 Å². The topological polar surface area (TPSA) is 52.5 Å². The fourth-order valence-electron chi connectivity index (χ4n) is 2.12. The number of nitrogens with zero attached hydrogens (tertiary/aromatic N) is 2. The van der Waals surface area contributed by atoms with Gasteiger partial charge < -0.3 is 0 Å². The van der Waals surface area contributed by atoms with Gasteiger partial charge in [-0.2, -0.15) is 10.4 Å². The average Bonchev–Trinajstić information content (AvgIpc) is 2.53. The predicted octanol–water partition coefficient (Wildman–Crippen LogP) is 0.941. The van der Waals surface area contributed by atoms with Gasteiger partial charge in [0.1, 0.15) is 6.07 Å². The highest BCUT2D eigenvalue weighted by Crippen LogP contribution is 2.56. The standard InChI is InChI=1S/C8H7N3/c9-3-7-8-5-1-4(5)2-6(8)10-11-7/h4-5H,1-2H2,(H,10,11)/t4-,5-/m0/s1. The Morgan fingerprint density at radius 3 is 3.36 bits per heavy atom. The molecular formula is C8H7N3. The van der Waals surface area contributed by atoms with Crippen molar-refractivity contribution in [1.82, 2.24) is 10.2 Å². The molecule has 0 amide bonds. The molecule has 11 heavy (non-hydrogen) atoms. The molecule has 0 aromatic carbocycles. The predicted molar refractivity (Wildman–Crippen MR) is 37.9 cm³/mol. The number of hydrogen-bond donors (Lipinski definition) is 1. The lowest BCUT2D eigenvalue weighted by molar-refractivity contribution is 0.814. The van der Waals surface area contributed by atoms with E-state index in [0.717, 1.165) is 12.3 Å². The monoisotopic (exact) mass is 145 g/mol. The molecule has 2 atom stereocenters. The van der Waals surface area contributed by atoms with Gasteiger partial charge >= 0.3 is 0 Å². The Hall–Kier alpha value is -1.30. The number of fused-ring (bicyclic) bond motifs is 3. The molecule has 0 bridgehead atoms. The van der Waals surface area contributed by atoms with Crippen molar-refractivity contribution >= 4 is 0 Å². The zero-order valence-electron chi connectivity index (χ0n) is 5.96. The van der Waals surface area contributed by atoms with Crippen LogP contribution in [0.25, 0.3) is 0 Å². The number of nitrogens with one attached hydrogen (secondary N) is 1. The summed E-state index contributed by atoms with van der Waals surface area (Å²) in [6.07, 6.45) is 2.40. The molecule has 1 N–H and O–H groups in total. The van der Waals surface area contributed by atoms with Gasteiger partial charge in [0.05, 0.1) is 0 Å². The first-order valence-corrected chi connectivity index (χ1v) is 3.87. The van der Waals surface area contributed by atoms with Gasteiger partial charge in [0, 0.05) is 11.3 Å². The van der Waals surface area contributed by atoms with E-state index in [0.29, 0.717) is 11.6 Å². The molecule has 1 saturated carbocycles. The largest absolute Gasteiger partial charge is 0.281 e. The second kappa shape index (κ2) is 1.48. The van der Waals surface area contributed by atoms with Crippen LogP contribution in [0, 0.1) is 17.2 Å². The smallest absolute Gasteiger partial charge is 0.165 e. The van der Waals surface area contributed by atoms with Crippen molar-refractivity contribution in [3.8, 4) is 6.07 Å². The molecule has 0 aliphatic heterocycles. The summed E-state index contributed by atoms with van der Waals surface area (Å²) in [7, 11) is 0. The van der Waals surface area contributed by atoms with E-state index in [1.54, 1.807) is 0 Å². The van der Waals surface area contributed by atoms with Crippen LogP contribution in [0.15, 0.2) is 0 Å².